The lowest BCUT2D eigenvalue weighted by molar-refractivity contribution is -0.115. The van der Waals surface area contributed by atoms with Gasteiger partial charge in [-0.2, -0.15) is 0 Å². The topological polar surface area (TPSA) is 68.0 Å². The monoisotopic (exact) mass is 165 g/mol. The first kappa shape index (κ1) is 8.27. The molecule has 62 valence electrons. The Hall–Kier alpha value is -1.83. The van der Waals surface area contributed by atoms with Gasteiger partial charge in [0.2, 0.25) is 11.8 Å². The predicted octanol–water partition coefficient (Wildman–Crippen LogP) is -0.373. The van der Waals surface area contributed by atoms with Gasteiger partial charge >= 0.3 is 0 Å². The summed E-state index contributed by atoms with van der Waals surface area (Å²) in [4.78, 5) is 10.6. The molecule has 0 bridgehead atoms. The van der Waals surface area contributed by atoms with Crippen molar-refractivity contribution in [1.29, 1.82) is 0 Å². The number of carbonyl (C=O) groups excluding carboxylic acids is 1. The molecule has 5 nitrogen and oxygen atoms in total. The molecule has 0 aliphatic carbocycles. The Bertz CT molecular complexity index is 324. The molecular weight excluding hydrogens is 158 g/mol. The second-order valence-electron chi connectivity index (χ2n) is 2.04. The third kappa shape index (κ3) is 2.09. The molecule has 1 rings (SSSR count). The fourth-order valence-electron chi connectivity index (χ4n) is 0.616. The standard InChI is InChI=1S/C7H7N3O2/c1-3-6(11)8-4-7-10-9-5(2)12-7/h1H,4H2,2H3,(H,8,11). The van der Waals surface area contributed by atoms with Crippen LogP contribution in [-0.2, 0) is 11.3 Å². The Morgan fingerprint density at radius 1 is 1.75 bits per heavy atom. The van der Waals surface area contributed by atoms with E-state index in [1.54, 1.807) is 6.92 Å². The fourth-order valence-corrected chi connectivity index (χ4v) is 0.616. The van der Waals surface area contributed by atoms with Crippen LogP contribution < -0.4 is 5.32 Å². The number of hydrogen-bond donors (Lipinski definition) is 1. The van der Waals surface area contributed by atoms with Gasteiger partial charge in [0.15, 0.2) is 0 Å². The summed E-state index contributed by atoms with van der Waals surface area (Å²) in [5, 5.41) is 9.61. The number of amides is 1. The zero-order chi connectivity index (χ0) is 8.97. The molecule has 0 aliphatic heterocycles. The lowest BCUT2D eigenvalue weighted by Gasteiger charge is -1.93. The van der Waals surface area contributed by atoms with E-state index < -0.39 is 5.91 Å². The molecule has 1 amide bonds. The highest BCUT2D eigenvalue weighted by Crippen LogP contribution is 1.95. The van der Waals surface area contributed by atoms with Crippen molar-refractivity contribution in [2.45, 2.75) is 13.5 Å². The van der Waals surface area contributed by atoms with Gasteiger partial charge in [-0.1, -0.05) is 0 Å². The highest BCUT2D eigenvalue weighted by atomic mass is 16.4. The van der Waals surface area contributed by atoms with Crippen LogP contribution in [0.4, 0.5) is 0 Å². The van der Waals surface area contributed by atoms with Gasteiger partial charge < -0.3 is 9.73 Å². The van der Waals surface area contributed by atoms with Crippen LogP contribution in [0, 0.1) is 19.3 Å². The van der Waals surface area contributed by atoms with E-state index in [9.17, 15) is 4.79 Å². The van der Waals surface area contributed by atoms with Crippen LogP contribution >= 0.6 is 0 Å². The van der Waals surface area contributed by atoms with E-state index in [1.165, 1.54) is 0 Å². The Labute approximate surface area is 69.2 Å². The first-order valence-electron chi connectivity index (χ1n) is 3.26. The van der Waals surface area contributed by atoms with Crippen LogP contribution in [0.2, 0.25) is 0 Å². The Balaban J connectivity index is 2.44. The summed E-state index contributed by atoms with van der Waals surface area (Å²) in [6.07, 6.45) is 4.81. The Kier molecular flexibility index (Phi) is 2.43. The maximum atomic E-state index is 10.6. The van der Waals surface area contributed by atoms with Gasteiger partial charge in [-0.15, -0.1) is 16.6 Å². The van der Waals surface area contributed by atoms with Crippen molar-refractivity contribution < 1.29 is 9.21 Å². The van der Waals surface area contributed by atoms with Crippen LogP contribution in [0.15, 0.2) is 4.42 Å². The van der Waals surface area contributed by atoms with Gasteiger partial charge in [0, 0.05) is 6.92 Å². The highest BCUT2D eigenvalue weighted by molar-refractivity contribution is 5.92. The zero-order valence-corrected chi connectivity index (χ0v) is 6.50. The Morgan fingerprint density at radius 3 is 3.00 bits per heavy atom. The van der Waals surface area contributed by atoms with Crippen molar-refractivity contribution in [3.63, 3.8) is 0 Å². The van der Waals surface area contributed by atoms with Crippen molar-refractivity contribution in [2.24, 2.45) is 0 Å². The summed E-state index contributed by atoms with van der Waals surface area (Å²) in [7, 11) is 0. The predicted molar refractivity (Wildman–Crippen MR) is 39.7 cm³/mol. The van der Waals surface area contributed by atoms with Crippen LogP contribution in [0.5, 0.6) is 0 Å². The summed E-state index contributed by atoms with van der Waals surface area (Å²) in [6.45, 7) is 1.84. The van der Waals surface area contributed by atoms with E-state index >= 15 is 0 Å². The summed E-state index contributed by atoms with van der Waals surface area (Å²) in [5.74, 6) is 2.21. The number of hydrogen-bond acceptors (Lipinski definition) is 4. The van der Waals surface area contributed by atoms with E-state index in [-0.39, 0.29) is 6.54 Å². The van der Waals surface area contributed by atoms with Gasteiger partial charge in [0.05, 0.1) is 6.54 Å². The number of carbonyl (C=O) groups is 1. The SMILES string of the molecule is C#CC(=O)NCc1nnc(C)o1. The molecule has 0 radical (unpaired) electrons. The maximum absolute atomic E-state index is 10.6. The largest absolute Gasteiger partial charge is 0.424 e. The van der Waals surface area contributed by atoms with Crippen molar-refractivity contribution in [1.82, 2.24) is 15.5 Å². The van der Waals surface area contributed by atoms with Gasteiger partial charge in [0.1, 0.15) is 0 Å². The number of aryl methyl sites for hydroxylation is 1. The third-order valence-corrected chi connectivity index (χ3v) is 1.10. The van der Waals surface area contributed by atoms with Crippen LogP contribution in [0.25, 0.3) is 0 Å². The second kappa shape index (κ2) is 3.53. The fraction of sp³-hybridized carbons (Fsp3) is 0.286. The van der Waals surface area contributed by atoms with Crippen molar-refractivity contribution in [3.05, 3.63) is 11.8 Å². The molecule has 0 aromatic carbocycles. The van der Waals surface area contributed by atoms with Crippen molar-refractivity contribution in [2.75, 3.05) is 0 Å². The number of aromatic nitrogens is 2. The maximum Gasteiger partial charge on any atom is 0.296 e. The molecule has 0 saturated heterocycles. The molecule has 0 atom stereocenters. The van der Waals surface area contributed by atoms with Gasteiger partial charge in [0.25, 0.3) is 5.91 Å². The first-order valence-corrected chi connectivity index (χ1v) is 3.26. The van der Waals surface area contributed by atoms with Crippen molar-refractivity contribution in [3.8, 4) is 12.3 Å². The van der Waals surface area contributed by atoms with Gasteiger partial charge in [-0.25, -0.2) is 0 Å². The summed E-state index contributed by atoms with van der Waals surface area (Å²) >= 11 is 0. The summed E-state index contributed by atoms with van der Waals surface area (Å²) < 4.78 is 4.97. The highest BCUT2D eigenvalue weighted by Gasteiger charge is 2.02. The van der Waals surface area contributed by atoms with E-state index in [2.05, 4.69) is 15.5 Å². The Morgan fingerprint density at radius 2 is 2.50 bits per heavy atom. The quantitative estimate of drug-likeness (QED) is 0.607. The lowest BCUT2D eigenvalue weighted by atomic mass is 10.5. The molecular formula is C7H7N3O2. The lowest BCUT2D eigenvalue weighted by Crippen LogP contribution is -2.20. The van der Waals surface area contributed by atoms with Crippen LogP contribution in [0.3, 0.4) is 0 Å². The van der Waals surface area contributed by atoms with Gasteiger partial charge in [-0.3, -0.25) is 4.79 Å². The molecule has 1 aromatic rings. The van der Waals surface area contributed by atoms with E-state index in [1.807, 2.05) is 5.92 Å². The van der Waals surface area contributed by atoms with E-state index in [4.69, 9.17) is 10.8 Å². The molecule has 0 spiro atoms. The minimum absolute atomic E-state index is 0.171. The molecule has 1 N–H and O–H groups in total. The molecule has 0 fully saturated rings. The second-order valence-corrected chi connectivity index (χ2v) is 2.04. The minimum atomic E-state index is -0.495. The molecule has 0 saturated carbocycles. The third-order valence-electron chi connectivity index (χ3n) is 1.10. The van der Waals surface area contributed by atoms with E-state index in [0.29, 0.717) is 11.8 Å². The summed E-state index contributed by atoms with van der Waals surface area (Å²) in [5.41, 5.74) is 0. The number of nitrogens with one attached hydrogen (secondary N) is 1. The molecule has 1 heterocycles. The summed E-state index contributed by atoms with van der Waals surface area (Å²) in [6, 6.07) is 0. The molecule has 0 aliphatic rings. The molecule has 5 heteroatoms. The zero-order valence-electron chi connectivity index (χ0n) is 6.50. The number of rotatable bonds is 2. The van der Waals surface area contributed by atoms with Crippen LogP contribution in [-0.4, -0.2) is 16.1 Å². The molecule has 12 heavy (non-hydrogen) atoms. The van der Waals surface area contributed by atoms with Gasteiger partial charge in [-0.05, 0) is 5.92 Å². The average Bonchev–Trinajstić information content (AvgIpc) is 2.47. The molecule has 0 unspecified atom stereocenters. The normalized spacial score (nSPS) is 9.00. The van der Waals surface area contributed by atoms with Crippen molar-refractivity contribution >= 4 is 5.91 Å². The minimum Gasteiger partial charge on any atom is -0.424 e. The van der Waals surface area contributed by atoms with Crippen LogP contribution in [0.1, 0.15) is 11.8 Å². The number of terminal acetylenes is 1. The average molecular weight is 165 g/mol. The smallest absolute Gasteiger partial charge is 0.296 e. The first-order chi connectivity index (χ1) is 5.72. The molecule has 1 aromatic heterocycles. The number of nitrogens with zero attached hydrogens (tertiary/aromatic N) is 2. The van der Waals surface area contributed by atoms with E-state index in [0.717, 1.165) is 0 Å².